The summed E-state index contributed by atoms with van der Waals surface area (Å²) in [5.74, 6) is 1.80. The van der Waals surface area contributed by atoms with Crippen LogP contribution in [0.1, 0.15) is 25.2 Å². The zero-order valence-electron chi connectivity index (χ0n) is 18.4. The quantitative estimate of drug-likeness (QED) is 0.601. The molecule has 0 bridgehead atoms. The van der Waals surface area contributed by atoms with Gasteiger partial charge in [0.2, 0.25) is 11.8 Å². The van der Waals surface area contributed by atoms with Crippen LogP contribution in [-0.2, 0) is 9.53 Å². The number of fused-ring (bicyclic) bond motifs is 1. The summed E-state index contributed by atoms with van der Waals surface area (Å²) < 4.78 is 16.6. The van der Waals surface area contributed by atoms with Gasteiger partial charge in [0.15, 0.2) is 5.82 Å². The first-order valence-corrected chi connectivity index (χ1v) is 11.0. The van der Waals surface area contributed by atoms with Gasteiger partial charge in [0.1, 0.15) is 11.6 Å². The van der Waals surface area contributed by atoms with Crippen molar-refractivity contribution in [2.45, 2.75) is 19.4 Å². The number of hydrogen-bond acceptors (Lipinski definition) is 8. The Hall–Kier alpha value is -3.04. The molecule has 9 heteroatoms. The van der Waals surface area contributed by atoms with Crippen LogP contribution < -0.4 is 4.74 Å². The Labute approximate surface area is 186 Å². The SMILES string of the molecule is COc1nc2ccccc2cc1-c1nc([C@@H]2CN(CC3CCOC3)CCN2C(C)=O)no1. The Bertz CT molecular complexity index is 1110. The van der Waals surface area contributed by atoms with Crippen LogP contribution in [0.25, 0.3) is 22.4 Å². The highest BCUT2D eigenvalue weighted by atomic mass is 16.5. The average Bonchev–Trinajstić information content (AvgIpc) is 3.50. The van der Waals surface area contributed by atoms with Gasteiger partial charge in [-0.3, -0.25) is 9.69 Å². The van der Waals surface area contributed by atoms with E-state index in [4.69, 9.17) is 14.0 Å². The van der Waals surface area contributed by atoms with Crippen molar-refractivity contribution in [1.82, 2.24) is 24.9 Å². The number of pyridine rings is 1. The predicted octanol–water partition coefficient (Wildman–Crippen LogP) is 2.54. The van der Waals surface area contributed by atoms with Crippen LogP contribution in [0.4, 0.5) is 0 Å². The lowest BCUT2D eigenvalue weighted by atomic mass is 10.1. The van der Waals surface area contributed by atoms with Gasteiger partial charge in [-0.1, -0.05) is 23.4 Å². The minimum Gasteiger partial charge on any atom is -0.480 e. The molecule has 1 unspecified atom stereocenters. The molecule has 1 amide bonds. The summed E-state index contributed by atoms with van der Waals surface area (Å²) in [6, 6.07) is 9.47. The fourth-order valence-electron chi connectivity index (χ4n) is 4.58. The number of carbonyl (C=O) groups excluding carboxylic acids is 1. The Morgan fingerprint density at radius 3 is 2.91 bits per heavy atom. The Morgan fingerprint density at radius 1 is 1.25 bits per heavy atom. The number of rotatable bonds is 5. The second-order valence-corrected chi connectivity index (χ2v) is 8.41. The van der Waals surface area contributed by atoms with Crippen molar-refractivity contribution in [3.8, 4) is 17.3 Å². The van der Waals surface area contributed by atoms with Crippen molar-refractivity contribution in [3.05, 3.63) is 36.2 Å². The second kappa shape index (κ2) is 8.84. The molecule has 2 atom stereocenters. The molecule has 2 aliphatic rings. The van der Waals surface area contributed by atoms with E-state index in [1.54, 1.807) is 14.0 Å². The van der Waals surface area contributed by atoms with Crippen molar-refractivity contribution in [2.75, 3.05) is 46.5 Å². The van der Waals surface area contributed by atoms with Crippen LogP contribution in [0.2, 0.25) is 0 Å². The van der Waals surface area contributed by atoms with E-state index in [0.29, 0.717) is 42.2 Å². The highest BCUT2D eigenvalue weighted by Crippen LogP contribution is 2.32. The number of benzene rings is 1. The summed E-state index contributed by atoms with van der Waals surface area (Å²) in [5, 5.41) is 5.21. The van der Waals surface area contributed by atoms with Crippen molar-refractivity contribution >= 4 is 16.8 Å². The molecule has 5 rings (SSSR count). The van der Waals surface area contributed by atoms with Gasteiger partial charge in [-0.2, -0.15) is 4.98 Å². The number of hydrogen-bond donors (Lipinski definition) is 0. The number of methoxy groups -OCH3 is 1. The van der Waals surface area contributed by atoms with Crippen molar-refractivity contribution in [3.63, 3.8) is 0 Å². The number of para-hydroxylation sites is 1. The minimum atomic E-state index is -0.263. The molecule has 4 heterocycles. The van der Waals surface area contributed by atoms with Crippen molar-refractivity contribution in [1.29, 1.82) is 0 Å². The molecule has 0 N–H and O–H groups in total. The summed E-state index contributed by atoms with van der Waals surface area (Å²) in [5.41, 5.74) is 1.46. The maximum Gasteiger partial charge on any atom is 0.263 e. The molecule has 9 nitrogen and oxygen atoms in total. The number of nitrogens with zero attached hydrogens (tertiary/aromatic N) is 5. The topological polar surface area (TPSA) is 93.8 Å². The van der Waals surface area contributed by atoms with Crippen molar-refractivity contribution < 1.29 is 18.8 Å². The number of amides is 1. The number of aromatic nitrogens is 3. The minimum absolute atomic E-state index is 0.00940. The second-order valence-electron chi connectivity index (χ2n) is 8.41. The molecular formula is C23H27N5O4. The van der Waals surface area contributed by atoms with Gasteiger partial charge in [-0.05, 0) is 24.5 Å². The molecule has 2 aliphatic heterocycles. The van der Waals surface area contributed by atoms with Gasteiger partial charge >= 0.3 is 0 Å². The van der Waals surface area contributed by atoms with E-state index in [0.717, 1.165) is 43.6 Å². The van der Waals surface area contributed by atoms with Gasteiger partial charge in [0.05, 0.1) is 19.2 Å². The van der Waals surface area contributed by atoms with Gasteiger partial charge in [-0.15, -0.1) is 0 Å². The van der Waals surface area contributed by atoms with Crippen molar-refractivity contribution in [2.24, 2.45) is 5.92 Å². The van der Waals surface area contributed by atoms with Gasteiger partial charge < -0.3 is 18.9 Å². The lowest BCUT2D eigenvalue weighted by Gasteiger charge is -2.40. The average molecular weight is 438 g/mol. The molecule has 32 heavy (non-hydrogen) atoms. The fourth-order valence-corrected chi connectivity index (χ4v) is 4.58. The largest absolute Gasteiger partial charge is 0.480 e. The number of ether oxygens (including phenoxy) is 2. The summed E-state index contributed by atoms with van der Waals surface area (Å²) >= 11 is 0. The molecule has 0 radical (unpaired) electrons. The van der Waals surface area contributed by atoms with Gasteiger partial charge in [0, 0.05) is 45.1 Å². The predicted molar refractivity (Wildman–Crippen MR) is 117 cm³/mol. The lowest BCUT2D eigenvalue weighted by Crippen LogP contribution is -2.51. The van der Waals surface area contributed by atoms with Crippen LogP contribution in [-0.4, -0.2) is 77.3 Å². The molecule has 3 aromatic rings. The van der Waals surface area contributed by atoms with E-state index in [1.807, 2.05) is 35.2 Å². The zero-order valence-corrected chi connectivity index (χ0v) is 18.4. The van der Waals surface area contributed by atoms with Crippen LogP contribution in [0.15, 0.2) is 34.9 Å². The van der Waals surface area contributed by atoms with E-state index >= 15 is 0 Å². The van der Waals surface area contributed by atoms with Crippen LogP contribution in [0.5, 0.6) is 5.88 Å². The molecule has 0 spiro atoms. The molecule has 2 fully saturated rings. The first-order valence-electron chi connectivity index (χ1n) is 11.0. The van der Waals surface area contributed by atoms with E-state index < -0.39 is 0 Å². The zero-order chi connectivity index (χ0) is 22.1. The van der Waals surface area contributed by atoms with Crippen LogP contribution >= 0.6 is 0 Å². The van der Waals surface area contributed by atoms with Gasteiger partial charge in [0.25, 0.3) is 5.89 Å². The van der Waals surface area contributed by atoms with E-state index in [9.17, 15) is 4.79 Å². The van der Waals surface area contributed by atoms with Gasteiger partial charge in [-0.25, -0.2) is 4.98 Å². The lowest BCUT2D eigenvalue weighted by molar-refractivity contribution is -0.134. The molecule has 2 aromatic heterocycles. The summed E-state index contributed by atoms with van der Waals surface area (Å²) in [6.07, 6.45) is 1.08. The van der Waals surface area contributed by atoms with Crippen LogP contribution in [0.3, 0.4) is 0 Å². The molecule has 0 saturated carbocycles. The third kappa shape index (κ3) is 4.05. The standard InChI is InChI=1S/C23H27N5O4/c1-15(29)28-9-8-27(12-16-7-10-31-14-16)13-20(28)21-25-23(32-26-21)18-11-17-5-3-4-6-19(17)24-22(18)30-2/h3-6,11,16,20H,7-10,12-14H2,1-2H3/t16?,20-/m0/s1. The Balaban J connectivity index is 1.43. The highest BCUT2D eigenvalue weighted by Gasteiger charge is 2.35. The number of carbonyl (C=O) groups is 1. The van der Waals surface area contributed by atoms with Crippen LogP contribution in [0, 0.1) is 5.92 Å². The third-order valence-corrected chi connectivity index (χ3v) is 6.26. The van der Waals surface area contributed by atoms with E-state index in [2.05, 4.69) is 20.0 Å². The number of piperazine rings is 1. The summed E-state index contributed by atoms with van der Waals surface area (Å²) in [7, 11) is 1.57. The first-order chi connectivity index (χ1) is 15.6. The molecule has 2 saturated heterocycles. The molecule has 0 aliphatic carbocycles. The smallest absolute Gasteiger partial charge is 0.263 e. The highest BCUT2D eigenvalue weighted by molar-refractivity contribution is 5.84. The third-order valence-electron chi connectivity index (χ3n) is 6.26. The Kier molecular flexibility index (Phi) is 5.75. The fraction of sp³-hybridized carbons (Fsp3) is 0.478. The Morgan fingerprint density at radius 2 is 2.12 bits per heavy atom. The maximum atomic E-state index is 12.3. The maximum absolute atomic E-state index is 12.3. The van der Waals surface area contributed by atoms with E-state index in [1.165, 1.54) is 0 Å². The molecular weight excluding hydrogens is 410 g/mol. The first kappa shape index (κ1) is 20.8. The monoisotopic (exact) mass is 437 g/mol. The molecule has 168 valence electrons. The summed E-state index contributed by atoms with van der Waals surface area (Å²) in [4.78, 5) is 25.8. The summed E-state index contributed by atoms with van der Waals surface area (Å²) in [6.45, 7) is 6.32. The van der Waals surface area contributed by atoms with E-state index in [-0.39, 0.29) is 11.9 Å². The molecule has 1 aromatic carbocycles. The normalized spacial score (nSPS) is 21.9.